The first-order chi connectivity index (χ1) is 16.5. The van der Waals surface area contributed by atoms with E-state index in [9.17, 15) is 9.59 Å². The van der Waals surface area contributed by atoms with E-state index in [1.165, 1.54) is 11.3 Å². The number of rotatable bonds is 9. The van der Waals surface area contributed by atoms with Crippen LogP contribution in [0.25, 0.3) is 21.7 Å². The Labute approximate surface area is 207 Å². The third kappa shape index (κ3) is 5.90. The first-order valence-corrected chi connectivity index (χ1v) is 12.1. The number of carbonyl (C=O) groups is 2. The highest BCUT2D eigenvalue weighted by Gasteiger charge is 2.17. The van der Waals surface area contributed by atoms with Gasteiger partial charge in [-0.05, 0) is 48.9 Å². The van der Waals surface area contributed by atoms with Gasteiger partial charge in [-0.2, -0.15) is 0 Å². The maximum absolute atomic E-state index is 12.6. The Bertz CT molecular complexity index is 1270. The van der Waals surface area contributed by atoms with Gasteiger partial charge in [0, 0.05) is 29.0 Å². The average Bonchev–Trinajstić information content (AvgIpc) is 3.28. The van der Waals surface area contributed by atoms with Crippen molar-refractivity contribution in [3.63, 3.8) is 0 Å². The highest BCUT2D eigenvalue weighted by atomic mass is 35.5. The van der Waals surface area contributed by atoms with E-state index in [4.69, 9.17) is 16.3 Å². The molecule has 0 atom stereocenters. The molecule has 0 bridgehead atoms. The lowest BCUT2D eigenvalue weighted by molar-refractivity contribution is -0.116. The van der Waals surface area contributed by atoms with E-state index in [1.807, 2.05) is 61.5 Å². The molecule has 34 heavy (non-hydrogen) atoms. The van der Waals surface area contributed by atoms with Gasteiger partial charge >= 0.3 is 0 Å². The van der Waals surface area contributed by atoms with Crippen LogP contribution >= 0.6 is 22.9 Å². The van der Waals surface area contributed by atoms with Gasteiger partial charge in [0.1, 0.15) is 5.75 Å². The predicted octanol–water partition coefficient (Wildman–Crippen LogP) is 7.13. The summed E-state index contributed by atoms with van der Waals surface area (Å²) >= 11 is 7.45. The molecule has 1 N–H and O–H groups in total. The number of nitrogens with one attached hydrogen (secondary N) is 1. The number of nitrogens with zero attached hydrogens (tertiary/aromatic N) is 1. The molecular weight excluding hydrogens is 468 g/mol. The van der Waals surface area contributed by atoms with Crippen molar-refractivity contribution in [2.45, 2.75) is 19.8 Å². The molecule has 0 saturated heterocycles. The van der Waals surface area contributed by atoms with Gasteiger partial charge in [0.2, 0.25) is 5.91 Å². The molecule has 4 aromatic rings. The van der Waals surface area contributed by atoms with E-state index in [0.717, 1.165) is 21.7 Å². The van der Waals surface area contributed by atoms with Crippen LogP contribution in [0.5, 0.6) is 5.75 Å². The number of ether oxygens (including phenoxy) is 1. The largest absolute Gasteiger partial charge is 0.494 e. The minimum Gasteiger partial charge on any atom is -0.494 e. The zero-order valence-electron chi connectivity index (χ0n) is 18.6. The van der Waals surface area contributed by atoms with E-state index < -0.39 is 0 Å². The second-order valence-corrected chi connectivity index (χ2v) is 8.93. The SMILES string of the molecule is CCOc1ccc(C(=O)CCC(=O)Nc2nc(-c3ccccc3)c(-c3ccc(Cl)cc3)s2)cc1. The monoisotopic (exact) mass is 490 g/mol. The Kier molecular flexibility index (Phi) is 7.72. The zero-order chi connectivity index (χ0) is 23.9. The average molecular weight is 491 g/mol. The van der Waals surface area contributed by atoms with E-state index in [2.05, 4.69) is 10.3 Å². The highest BCUT2D eigenvalue weighted by Crippen LogP contribution is 2.39. The summed E-state index contributed by atoms with van der Waals surface area (Å²) in [6, 6.07) is 24.3. The Morgan fingerprint density at radius 1 is 0.912 bits per heavy atom. The highest BCUT2D eigenvalue weighted by molar-refractivity contribution is 7.19. The fraction of sp³-hybridized carbons (Fsp3) is 0.148. The number of hydrogen-bond donors (Lipinski definition) is 1. The van der Waals surface area contributed by atoms with Crippen LogP contribution in [0.3, 0.4) is 0 Å². The molecule has 1 heterocycles. The van der Waals surface area contributed by atoms with Crippen molar-refractivity contribution in [3.8, 4) is 27.4 Å². The molecule has 4 rings (SSSR count). The number of ketones is 1. The Hall–Kier alpha value is -3.48. The lowest BCUT2D eigenvalue weighted by atomic mass is 10.1. The molecule has 0 saturated carbocycles. The van der Waals surface area contributed by atoms with Crippen molar-refractivity contribution in [2.75, 3.05) is 11.9 Å². The fourth-order valence-electron chi connectivity index (χ4n) is 3.42. The zero-order valence-corrected chi connectivity index (χ0v) is 20.2. The van der Waals surface area contributed by atoms with Gasteiger partial charge in [-0.1, -0.05) is 65.4 Å². The number of benzene rings is 3. The summed E-state index contributed by atoms with van der Waals surface area (Å²) < 4.78 is 5.40. The summed E-state index contributed by atoms with van der Waals surface area (Å²) in [7, 11) is 0. The number of aromatic nitrogens is 1. The van der Waals surface area contributed by atoms with Crippen LogP contribution in [-0.2, 0) is 4.79 Å². The minimum atomic E-state index is -0.254. The van der Waals surface area contributed by atoms with E-state index in [0.29, 0.717) is 28.1 Å². The summed E-state index contributed by atoms with van der Waals surface area (Å²) in [6.45, 7) is 2.47. The number of Topliss-reactive ketones (excluding diaryl/α,β-unsaturated/α-hetero) is 1. The first kappa shape index (κ1) is 23.7. The summed E-state index contributed by atoms with van der Waals surface area (Å²) in [6.07, 6.45) is 0.184. The van der Waals surface area contributed by atoms with Gasteiger partial charge < -0.3 is 10.1 Å². The van der Waals surface area contributed by atoms with Crippen LogP contribution in [0.2, 0.25) is 5.02 Å². The molecular formula is C27H23ClN2O3S. The van der Waals surface area contributed by atoms with Crippen molar-refractivity contribution in [3.05, 3.63) is 89.4 Å². The number of halogens is 1. The summed E-state index contributed by atoms with van der Waals surface area (Å²) in [5.41, 5.74) is 3.26. The van der Waals surface area contributed by atoms with Crippen LogP contribution in [0.1, 0.15) is 30.1 Å². The molecule has 0 aliphatic rings. The molecule has 0 radical (unpaired) electrons. The quantitative estimate of drug-likeness (QED) is 0.253. The second-order valence-electron chi connectivity index (χ2n) is 7.50. The second kappa shape index (κ2) is 11.1. The number of carbonyl (C=O) groups excluding carboxylic acids is 2. The Balaban J connectivity index is 1.46. The van der Waals surface area contributed by atoms with Crippen LogP contribution in [0.4, 0.5) is 5.13 Å². The number of hydrogen-bond acceptors (Lipinski definition) is 5. The lowest BCUT2D eigenvalue weighted by Crippen LogP contribution is -2.13. The van der Waals surface area contributed by atoms with Crippen LogP contribution in [0.15, 0.2) is 78.9 Å². The smallest absolute Gasteiger partial charge is 0.226 e. The van der Waals surface area contributed by atoms with Gasteiger partial charge in [0.05, 0.1) is 17.2 Å². The molecule has 0 fully saturated rings. The molecule has 172 valence electrons. The normalized spacial score (nSPS) is 10.6. The predicted molar refractivity (Wildman–Crippen MR) is 138 cm³/mol. The van der Waals surface area contributed by atoms with Crippen molar-refractivity contribution in [1.29, 1.82) is 0 Å². The van der Waals surface area contributed by atoms with Gasteiger partial charge in [-0.15, -0.1) is 0 Å². The summed E-state index contributed by atoms with van der Waals surface area (Å²) in [5, 5.41) is 4.00. The Morgan fingerprint density at radius 3 is 2.29 bits per heavy atom. The first-order valence-electron chi connectivity index (χ1n) is 10.9. The van der Waals surface area contributed by atoms with Crippen molar-refractivity contribution >= 4 is 39.8 Å². The molecule has 0 aliphatic carbocycles. The molecule has 1 amide bonds. The van der Waals surface area contributed by atoms with Crippen LogP contribution < -0.4 is 10.1 Å². The maximum atomic E-state index is 12.6. The molecule has 1 aromatic heterocycles. The lowest BCUT2D eigenvalue weighted by Gasteiger charge is -2.05. The third-order valence-corrected chi connectivity index (χ3v) is 6.37. The van der Waals surface area contributed by atoms with Gasteiger partial charge in [0.15, 0.2) is 10.9 Å². The van der Waals surface area contributed by atoms with Crippen molar-refractivity contribution in [2.24, 2.45) is 0 Å². The van der Waals surface area contributed by atoms with Gasteiger partial charge in [0.25, 0.3) is 0 Å². The molecule has 3 aromatic carbocycles. The number of anilines is 1. The van der Waals surface area contributed by atoms with Crippen molar-refractivity contribution < 1.29 is 14.3 Å². The molecule has 5 nitrogen and oxygen atoms in total. The van der Waals surface area contributed by atoms with Crippen molar-refractivity contribution in [1.82, 2.24) is 4.98 Å². The number of thiazole rings is 1. The topological polar surface area (TPSA) is 68.3 Å². The molecule has 0 aliphatic heterocycles. The third-order valence-electron chi connectivity index (χ3n) is 5.09. The van der Waals surface area contributed by atoms with Crippen LogP contribution in [-0.4, -0.2) is 23.3 Å². The summed E-state index contributed by atoms with van der Waals surface area (Å²) in [5.74, 6) is 0.366. The number of amides is 1. The van der Waals surface area contributed by atoms with Gasteiger partial charge in [-0.25, -0.2) is 4.98 Å². The maximum Gasteiger partial charge on any atom is 0.226 e. The summed E-state index contributed by atoms with van der Waals surface area (Å²) in [4.78, 5) is 30.7. The van der Waals surface area contributed by atoms with Crippen LogP contribution in [0, 0.1) is 0 Å². The minimum absolute atomic E-state index is 0.0720. The van der Waals surface area contributed by atoms with Gasteiger partial charge in [-0.3, -0.25) is 9.59 Å². The van der Waals surface area contributed by atoms with E-state index in [-0.39, 0.29) is 24.5 Å². The fourth-order valence-corrected chi connectivity index (χ4v) is 4.55. The Morgan fingerprint density at radius 2 is 1.62 bits per heavy atom. The standard InChI is InChI=1S/C27H23ClN2O3S/c1-2-33-22-14-10-18(11-15-22)23(31)16-17-24(32)29-27-30-25(19-6-4-3-5-7-19)26(34-27)20-8-12-21(28)13-9-20/h3-15H,2,16-17H2,1H3,(H,29,30,32). The molecule has 0 unspecified atom stereocenters. The molecule has 0 spiro atoms. The van der Waals surface area contributed by atoms with E-state index >= 15 is 0 Å². The molecule has 7 heteroatoms. The van der Waals surface area contributed by atoms with E-state index in [1.54, 1.807) is 24.3 Å².